The van der Waals surface area contributed by atoms with Crippen LogP contribution in [0, 0.1) is 0 Å². The summed E-state index contributed by atoms with van der Waals surface area (Å²) in [6.07, 6.45) is 2.01. The molecule has 104 valence electrons. The Morgan fingerprint density at radius 3 is 2.25 bits per heavy atom. The van der Waals surface area contributed by atoms with E-state index in [2.05, 4.69) is 24.3 Å². The van der Waals surface area contributed by atoms with Gasteiger partial charge in [-0.3, -0.25) is 4.79 Å². The van der Waals surface area contributed by atoms with E-state index in [1.54, 1.807) is 0 Å². The third-order valence-electron chi connectivity index (χ3n) is 3.22. The molecule has 2 rings (SSSR count). The van der Waals surface area contributed by atoms with E-state index in [-0.39, 0.29) is 0 Å². The first kappa shape index (κ1) is 14.3. The SMILES string of the molecule is CCC(=O)CCCOc1ccc(-c2ccccc2)cc1. The van der Waals surface area contributed by atoms with Crippen molar-refractivity contribution >= 4 is 5.78 Å². The van der Waals surface area contributed by atoms with Gasteiger partial charge in [0.25, 0.3) is 0 Å². The van der Waals surface area contributed by atoms with Crippen LogP contribution in [0.2, 0.25) is 0 Å². The monoisotopic (exact) mass is 268 g/mol. The van der Waals surface area contributed by atoms with E-state index < -0.39 is 0 Å². The Hall–Kier alpha value is -2.09. The van der Waals surface area contributed by atoms with Crippen LogP contribution < -0.4 is 4.74 Å². The Bertz CT molecular complexity index is 529. The fraction of sp³-hybridized carbons (Fsp3) is 0.278. The Balaban J connectivity index is 1.85. The summed E-state index contributed by atoms with van der Waals surface area (Å²) in [7, 11) is 0. The zero-order chi connectivity index (χ0) is 14.2. The van der Waals surface area contributed by atoms with E-state index in [1.807, 2.05) is 37.3 Å². The molecule has 0 saturated heterocycles. The maximum absolute atomic E-state index is 11.2. The van der Waals surface area contributed by atoms with Gasteiger partial charge < -0.3 is 4.74 Å². The number of Topliss-reactive ketones (excluding diaryl/α,β-unsaturated/α-hetero) is 1. The van der Waals surface area contributed by atoms with Crippen LogP contribution in [-0.2, 0) is 4.79 Å². The van der Waals surface area contributed by atoms with E-state index in [0.29, 0.717) is 25.2 Å². The number of carbonyl (C=O) groups excluding carboxylic acids is 1. The lowest BCUT2D eigenvalue weighted by atomic mass is 10.1. The molecule has 2 heteroatoms. The van der Waals surface area contributed by atoms with Crippen molar-refractivity contribution in [1.82, 2.24) is 0 Å². The lowest BCUT2D eigenvalue weighted by molar-refractivity contribution is -0.118. The van der Waals surface area contributed by atoms with Crippen LogP contribution in [0.25, 0.3) is 11.1 Å². The number of ketones is 1. The fourth-order valence-corrected chi connectivity index (χ4v) is 2.01. The highest BCUT2D eigenvalue weighted by atomic mass is 16.5. The number of hydrogen-bond acceptors (Lipinski definition) is 2. The molecule has 0 bridgehead atoms. The molecule has 0 saturated carbocycles. The van der Waals surface area contributed by atoms with E-state index in [9.17, 15) is 4.79 Å². The molecule has 2 aromatic carbocycles. The average Bonchev–Trinajstić information content (AvgIpc) is 2.52. The van der Waals surface area contributed by atoms with Crippen molar-refractivity contribution in [2.45, 2.75) is 26.2 Å². The summed E-state index contributed by atoms with van der Waals surface area (Å²) in [5, 5.41) is 0. The summed E-state index contributed by atoms with van der Waals surface area (Å²) < 4.78 is 5.64. The Kier molecular flexibility index (Phi) is 5.36. The summed E-state index contributed by atoms with van der Waals surface area (Å²) in [4.78, 5) is 11.2. The van der Waals surface area contributed by atoms with Gasteiger partial charge in [0.05, 0.1) is 6.61 Å². The molecule has 0 amide bonds. The van der Waals surface area contributed by atoms with Crippen molar-refractivity contribution in [1.29, 1.82) is 0 Å². The summed E-state index contributed by atoms with van der Waals surface area (Å²) in [6, 6.07) is 18.3. The van der Waals surface area contributed by atoms with Crippen LogP contribution in [0.5, 0.6) is 5.75 Å². The zero-order valence-electron chi connectivity index (χ0n) is 11.8. The third-order valence-corrected chi connectivity index (χ3v) is 3.22. The van der Waals surface area contributed by atoms with Crippen molar-refractivity contribution in [3.63, 3.8) is 0 Å². The average molecular weight is 268 g/mol. The molecule has 0 fully saturated rings. The minimum absolute atomic E-state index is 0.299. The molecule has 20 heavy (non-hydrogen) atoms. The molecule has 2 nitrogen and oxygen atoms in total. The topological polar surface area (TPSA) is 26.3 Å². The molecule has 0 atom stereocenters. The maximum Gasteiger partial charge on any atom is 0.132 e. The Morgan fingerprint density at radius 2 is 1.60 bits per heavy atom. The number of hydrogen-bond donors (Lipinski definition) is 0. The number of carbonyl (C=O) groups is 1. The first-order valence-corrected chi connectivity index (χ1v) is 7.09. The second kappa shape index (κ2) is 7.49. The molecule has 0 aliphatic carbocycles. The van der Waals surface area contributed by atoms with Gasteiger partial charge in [-0.05, 0) is 29.7 Å². The van der Waals surface area contributed by atoms with Gasteiger partial charge in [0.1, 0.15) is 11.5 Å². The molecule has 0 aliphatic rings. The molecule has 0 aromatic heterocycles. The first-order valence-electron chi connectivity index (χ1n) is 7.09. The van der Waals surface area contributed by atoms with Gasteiger partial charge in [-0.25, -0.2) is 0 Å². The van der Waals surface area contributed by atoms with Gasteiger partial charge >= 0.3 is 0 Å². The van der Waals surface area contributed by atoms with Crippen LogP contribution in [0.15, 0.2) is 54.6 Å². The van der Waals surface area contributed by atoms with E-state index in [1.165, 1.54) is 11.1 Å². The predicted octanol–water partition coefficient (Wildman–Crippen LogP) is 4.49. The van der Waals surface area contributed by atoms with Crippen LogP contribution in [-0.4, -0.2) is 12.4 Å². The van der Waals surface area contributed by atoms with Crippen LogP contribution in [0.3, 0.4) is 0 Å². The van der Waals surface area contributed by atoms with Crippen molar-refractivity contribution in [2.24, 2.45) is 0 Å². The number of rotatable bonds is 7. The summed E-state index contributed by atoms with van der Waals surface area (Å²) >= 11 is 0. The van der Waals surface area contributed by atoms with Crippen molar-refractivity contribution < 1.29 is 9.53 Å². The van der Waals surface area contributed by atoms with Crippen molar-refractivity contribution in [3.8, 4) is 16.9 Å². The fourth-order valence-electron chi connectivity index (χ4n) is 2.01. The van der Waals surface area contributed by atoms with Gasteiger partial charge in [0, 0.05) is 12.8 Å². The minimum atomic E-state index is 0.299. The van der Waals surface area contributed by atoms with Gasteiger partial charge in [-0.2, -0.15) is 0 Å². The third kappa shape index (κ3) is 4.23. The smallest absolute Gasteiger partial charge is 0.132 e. The van der Waals surface area contributed by atoms with Gasteiger partial charge in [-0.15, -0.1) is 0 Å². The molecular weight excluding hydrogens is 248 g/mol. The molecule has 2 aromatic rings. The lowest BCUT2D eigenvalue weighted by Gasteiger charge is -2.07. The molecule has 0 unspecified atom stereocenters. The van der Waals surface area contributed by atoms with Crippen LogP contribution in [0.4, 0.5) is 0 Å². The standard InChI is InChI=1S/C18H20O2/c1-2-17(19)9-6-14-20-18-12-10-16(11-13-18)15-7-4-3-5-8-15/h3-5,7-8,10-13H,2,6,9,14H2,1H3. The molecular formula is C18H20O2. The second-order valence-electron chi connectivity index (χ2n) is 4.73. The zero-order valence-corrected chi connectivity index (χ0v) is 11.8. The molecule has 0 N–H and O–H groups in total. The molecule has 0 heterocycles. The highest BCUT2D eigenvalue weighted by Gasteiger charge is 2.00. The van der Waals surface area contributed by atoms with Crippen molar-refractivity contribution in [3.05, 3.63) is 54.6 Å². The lowest BCUT2D eigenvalue weighted by Crippen LogP contribution is -2.02. The number of ether oxygens (including phenoxy) is 1. The highest BCUT2D eigenvalue weighted by molar-refractivity contribution is 5.77. The first-order chi connectivity index (χ1) is 9.79. The summed E-state index contributed by atoms with van der Waals surface area (Å²) in [5.41, 5.74) is 2.38. The minimum Gasteiger partial charge on any atom is -0.494 e. The largest absolute Gasteiger partial charge is 0.494 e. The van der Waals surface area contributed by atoms with Gasteiger partial charge in [0.2, 0.25) is 0 Å². The van der Waals surface area contributed by atoms with Crippen molar-refractivity contribution in [2.75, 3.05) is 6.61 Å². The van der Waals surface area contributed by atoms with E-state index in [4.69, 9.17) is 4.74 Å². The van der Waals surface area contributed by atoms with E-state index >= 15 is 0 Å². The second-order valence-corrected chi connectivity index (χ2v) is 4.73. The van der Waals surface area contributed by atoms with E-state index in [0.717, 1.165) is 12.2 Å². The van der Waals surface area contributed by atoms with Crippen LogP contribution in [0.1, 0.15) is 26.2 Å². The molecule has 0 spiro atoms. The molecule has 0 radical (unpaired) electrons. The summed E-state index contributed by atoms with van der Waals surface area (Å²) in [6.45, 7) is 2.49. The Labute approximate surface area is 120 Å². The van der Waals surface area contributed by atoms with Gasteiger partial charge in [-0.1, -0.05) is 49.4 Å². The summed E-state index contributed by atoms with van der Waals surface area (Å²) in [5.74, 6) is 1.15. The normalized spacial score (nSPS) is 10.2. The highest BCUT2D eigenvalue weighted by Crippen LogP contribution is 2.22. The van der Waals surface area contributed by atoms with Crippen LogP contribution >= 0.6 is 0 Å². The predicted molar refractivity (Wildman–Crippen MR) is 81.9 cm³/mol. The molecule has 0 aliphatic heterocycles. The quantitative estimate of drug-likeness (QED) is 0.691. The maximum atomic E-state index is 11.2. The Morgan fingerprint density at radius 1 is 0.950 bits per heavy atom. The van der Waals surface area contributed by atoms with Gasteiger partial charge in [0.15, 0.2) is 0 Å². The number of benzene rings is 2.